The van der Waals surface area contributed by atoms with Crippen LogP contribution in [0.25, 0.3) is 0 Å². The van der Waals surface area contributed by atoms with Gasteiger partial charge in [-0.3, -0.25) is 4.79 Å². The molecule has 6 nitrogen and oxygen atoms in total. The molecule has 3 fully saturated rings. The van der Waals surface area contributed by atoms with Crippen molar-refractivity contribution in [2.75, 3.05) is 36.0 Å². The van der Waals surface area contributed by atoms with Gasteiger partial charge in [0.1, 0.15) is 17.5 Å². The van der Waals surface area contributed by atoms with Crippen molar-refractivity contribution >= 4 is 17.4 Å². The van der Waals surface area contributed by atoms with Gasteiger partial charge in [0.05, 0.1) is 13.1 Å². The molecule has 0 aromatic carbocycles. The third-order valence-electron chi connectivity index (χ3n) is 4.99. The molecule has 1 aromatic rings. The van der Waals surface area contributed by atoms with Crippen LogP contribution in [0.4, 0.5) is 11.6 Å². The molecule has 2 aliphatic heterocycles. The predicted octanol–water partition coefficient (Wildman–Crippen LogP) is 1.61. The molecule has 23 heavy (non-hydrogen) atoms. The molecule has 1 saturated carbocycles. The summed E-state index contributed by atoms with van der Waals surface area (Å²) in [6.07, 6.45) is 7.56. The standard InChI is InChI=1S/C17H24N4O.H2O/c1-12-16(20-8-4-2-3-5-9-20)18-15(13-6-7-13)19-17(12)21-10-14(22)11-21;/h13H,2-11H2,1H3;1H2. The first-order valence-corrected chi connectivity index (χ1v) is 8.62. The maximum Gasteiger partial charge on any atom is 0.171 e. The molecule has 1 aliphatic carbocycles. The Balaban J connectivity index is 0.00000156. The van der Waals surface area contributed by atoms with E-state index in [1.165, 1.54) is 38.5 Å². The first-order chi connectivity index (χ1) is 10.7. The summed E-state index contributed by atoms with van der Waals surface area (Å²) >= 11 is 0. The van der Waals surface area contributed by atoms with Crippen LogP contribution in [0.5, 0.6) is 0 Å². The second-order valence-corrected chi connectivity index (χ2v) is 6.92. The van der Waals surface area contributed by atoms with Crippen LogP contribution < -0.4 is 9.80 Å². The Morgan fingerprint density at radius 3 is 2.00 bits per heavy atom. The largest absolute Gasteiger partial charge is 0.412 e. The summed E-state index contributed by atoms with van der Waals surface area (Å²) in [5.74, 6) is 3.97. The van der Waals surface area contributed by atoms with Gasteiger partial charge in [-0.1, -0.05) is 12.8 Å². The third kappa shape index (κ3) is 3.17. The van der Waals surface area contributed by atoms with Crippen LogP contribution in [0, 0.1) is 6.92 Å². The van der Waals surface area contributed by atoms with Crippen LogP contribution >= 0.6 is 0 Å². The van der Waals surface area contributed by atoms with Crippen LogP contribution in [-0.4, -0.2) is 47.4 Å². The Morgan fingerprint density at radius 1 is 0.913 bits per heavy atom. The minimum absolute atomic E-state index is 0. The summed E-state index contributed by atoms with van der Waals surface area (Å²) in [6, 6.07) is 0. The summed E-state index contributed by atoms with van der Waals surface area (Å²) in [7, 11) is 0. The molecule has 1 aromatic heterocycles. The molecule has 0 bridgehead atoms. The van der Waals surface area contributed by atoms with Crippen LogP contribution in [-0.2, 0) is 4.79 Å². The Kier molecular flexibility index (Phi) is 4.53. The average Bonchev–Trinajstić information content (AvgIpc) is 3.31. The minimum atomic E-state index is 0. The van der Waals surface area contributed by atoms with E-state index in [-0.39, 0.29) is 5.48 Å². The van der Waals surface area contributed by atoms with E-state index in [2.05, 4.69) is 16.7 Å². The maximum absolute atomic E-state index is 11.4. The van der Waals surface area contributed by atoms with Gasteiger partial charge in [-0.15, -0.1) is 0 Å². The molecule has 0 radical (unpaired) electrons. The van der Waals surface area contributed by atoms with Crippen molar-refractivity contribution in [1.82, 2.24) is 9.97 Å². The lowest BCUT2D eigenvalue weighted by Crippen LogP contribution is -2.48. The summed E-state index contributed by atoms with van der Waals surface area (Å²) in [6.45, 7) is 5.35. The Bertz CT molecular complexity index is 585. The van der Waals surface area contributed by atoms with Crippen molar-refractivity contribution in [3.63, 3.8) is 0 Å². The summed E-state index contributed by atoms with van der Waals surface area (Å²) in [4.78, 5) is 25.6. The van der Waals surface area contributed by atoms with Crippen molar-refractivity contribution in [1.29, 1.82) is 0 Å². The fraction of sp³-hybridized carbons (Fsp3) is 0.706. The van der Waals surface area contributed by atoms with Gasteiger partial charge in [-0.25, -0.2) is 9.97 Å². The van der Waals surface area contributed by atoms with Gasteiger partial charge in [-0.2, -0.15) is 0 Å². The molecular formula is C17H26N4O2. The van der Waals surface area contributed by atoms with Gasteiger partial charge < -0.3 is 15.3 Å². The number of nitrogens with zero attached hydrogens (tertiary/aromatic N) is 4. The molecule has 4 rings (SSSR count). The molecular weight excluding hydrogens is 292 g/mol. The smallest absolute Gasteiger partial charge is 0.171 e. The monoisotopic (exact) mass is 318 g/mol. The molecule has 0 amide bonds. The van der Waals surface area contributed by atoms with E-state index in [4.69, 9.17) is 9.97 Å². The highest BCUT2D eigenvalue weighted by Gasteiger charge is 2.33. The lowest BCUT2D eigenvalue weighted by atomic mass is 10.1. The molecule has 0 atom stereocenters. The zero-order valence-electron chi connectivity index (χ0n) is 13.8. The lowest BCUT2D eigenvalue weighted by Gasteiger charge is -2.33. The lowest BCUT2D eigenvalue weighted by molar-refractivity contribution is -0.119. The quantitative estimate of drug-likeness (QED) is 0.845. The van der Waals surface area contributed by atoms with Gasteiger partial charge >= 0.3 is 0 Å². The average molecular weight is 318 g/mol. The Labute approximate surface area is 137 Å². The first kappa shape index (κ1) is 16.2. The highest BCUT2D eigenvalue weighted by atomic mass is 16.1. The van der Waals surface area contributed by atoms with Crippen molar-refractivity contribution in [2.45, 2.75) is 51.4 Å². The SMILES string of the molecule is Cc1c(N2CCCCCC2)nc(C2CC2)nc1N1CC(=O)C1.O. The van der Waals surface area contributed by atoms with Gasteiger partial charge in [0.15, 0.2) is 5.78 Å². The number of carbonyl (C=O) groups excluding carboxylic acids is 1. The van der Waals surface area contributed by atoms with Gasteiger partial charge in [-0.05, 0) is 32.6 Å². The topological polar surface area (TPSA) is 80.8 Å². The van der Waals surface area contributed by atoms with E-state index >= 15 is 0 Å². The predicted molar refractivity (Wildman–Crippen MR) is 90.3 cm³/mol. The Hall–Kier alpha value is -1.69. The molecule has 6 heteroatoms. The van der Waals surface area contributed by atoms with Gasteiger partial charge in [0.25, 0.3) is 0 Å². The number of rotatable bonds is 3. The zero-order chi connectivity index (χ0) is 15.1. The fourth-order valence-electron chi connectivity index (χ4n) is 3.46. The summed E-state index contributed by atoms with van der Waals surface area (Å²) in [5.41, 5.74) is 1.15. The van der Waals surface area contributed by atoms with E-state index < -0.39 is 0 Å². The molecule has 0 unspecified atom stereocenters. The molecule has 2 N–H and O–H groups in total. The second-order valence-electron chi connectivity index (χ2n) is 6.92. The Morgan fingerprint density at radius 2 is 1.48 bits per heavy atom. The maximum atomic E-state index is 11.4. The fourth-order valence-corrected chi connectivity index (χ4v) is 3.46. The van der Waals surface area contributed by atoms with Gasteiger partial charge in [0.2, 0.25) is 0 Å². The summed E-state index contributed by atoms with van der Waals surface area (Å²) < 4.78 is 0. The number of ketones is 1. The van der Waals surface area contributed by atoms with Crippen molar-refractivity contribution in [3.8, 4) is 0 Å². The van der Waals surface area contributed by atoms with E-state index in [0.29, 0.717) is 24.8 Å². The van der Waals surface area contributed by atoms with Crippen molar-refractivity contribution in [3.05, 3.63) is 11.4 Å². The van der Waals surface area contributed by atoms with Gasteiger partial charge in [0, 0.05) is 24.6 Å². The number of hydrogen-bond donors (Lipinski definition) is 0. The number of carbonyl (C=O) groups is 1. The van der Waals surface area contributed by atoms with Crippen molar-refractivity contribution in [2.24, 2.45) is 0 Å². The molecule has 0 spiro atoms. The number of hydrogen-bond acceptors (Lipinski definition) is 5. The number of aromatic nitrogens is 2. The summed E-state index contributed by atoms with van der Waals surface area (Å²) in [5, 5.41) is 0. The third-order valence-corrected chi connectivity index (χ3v) is 4.99. The first-order valence-electron chi connectivity index (χ1n) is 8.62. The van der Waals surface area contributed by atoms with E-state index in [1.54, 1.807) is 0 Å². The highest BCUT2D eigenvalue weighted by Crippen LogP contribution is 2.41. The van der Waals surface area contributed by atoms with Crippen molar-refractivity contribution < 1.29 is 10.3 Å². The number of Topliss-reactive ketones (excluding diaryl/α,β-unsaturated/α-hetero) is 1. The zero-order valence-corrected chi connectivity index (χ0v) is 13.8. The van der Waals surface area contributed by atoms with E-state index in [9.17, 15) is 4.79 Å². The van der Waals surface area contributed by atoms with Crippen LogP contribution in [0.2, 0.25) is 0 Å². The highest BCUT2D eigenvalue weighted by molar-refractivity contribution is 5.95. The van der Waals surface area contributed by atoms with E-state index in [0.717, 1.165) is 36.1 Å². The van der Waals surface area contributed by atoms with Crippen LogP contribution in [0.15, 0.2) is 0 Å². The van der Waals surface area contributed by atoms with Crippen LogP contribution in [0.1, 0.15) is 55.8 Å². The molecule has 3 aliphatic rings. The minimum Gasteiger partial charge on any atom is -0.412 e. The van der Waals surface area contributed by atoms with Crippen LogP contribution in [0.3, 0.4) is 0 Å². The van der Waals surface area contributed by atoms with E-state index in [1.807, 2.05) is 0 Å². The normalized spacial score (nSPS) is 21.5. The second kappa shape index (κ2) is 6.43. The molecule has 126 valence electrons. The number of anilines is 2. The molecule has 2 saturated heterocycles. The molecule has 3 heterocycles.